The van der Waals surface area contributed by atoms with Gasteiger partial charge in [0.25, 0.3) is 0 Å². The second-order valence-electron chi connectivity index (χ2n) is 11.6. The maximum absolute atomic E-state index is 3.89. The molecule has 0 N–H and O–H groups in total. The van der Waals surface area contributed by atoms with Crippen molar-refractivity contribution in [2.24, 2.45) is 0 Å². The fourth-order valence-corrected chi connectivity index (χ4v) is 12.5. The fraction of sp³-hybridized carbons (Fsp3) is 0.114. The number of hydrogen-bond acceptors (Lipinski definition) is 0. The molecular weight excluding hydrogens is 750 g/mol. The monoisotopic (exact) mass is 790 g/mol. The van der Waals surface area contributed by atoms with Crippen molar-refractivity contribution >= 4 is 34.8 Å². The van der Waals surface area contributed by atoms with Crippen LogP contribution in [0.1, 0.15) is 44.2 Å². The van der Waals surface area contributed by atoms with Crippen LogP contribution in [0.4, 0.5) is 0 Å². The molecule has 1 saturated carbocycles. The average Bonchev–Trinajstić information content (AvgIpc) is 3.59. The maximum atomic E-state index is 3.89. The third-order valence-corrected chi connectivity index (χ3v) is 14.3. The SMILES string of the molecule is CC=C1CCCC1=CC(=C([C]#[Os])[P+](c1ccccc1)(c1ccccc1)c1ccccc1)c1ccc(-c2ccc(/C=C/C)cc2)cc1. The molecule has 0 aliphatic heterocycles. The van der Waals surface area contributed by atoms with E-state index in [9.17, 15) is 0 Å². The first-order valence-corrected chi connectivity index (χ1v) is 19.1. The number of hydrogen-bond donors (Lipinski definition) is 0. The fourth-order valence-electron chi connectivity index (χ4n) is 6.65. The normalized spacial score (nSPS) is 15.7. The summed E-state index contributed by atoms with van der Waals surface area (Å²) in [5.74, 6) is 0. The van der Waals surface area contributed by atoms with Crippen molar-refractivity contribution in [1.29, 1.82) is 0 Å². The Hall–Kier alpha value is -4.09. The van der Waals surface area contributed by atoms with Crippen LogP contribution in [-0.2, 0) is 17.9 Å². The van der Waals surface area contributed by atoms with Crippen molar-refractivity contribution in [3.05, 3.63) is 185 Å². The molecule has 0 spiro atoms. The van der Waals surface area contributed by atoms with Crippen LogP contribution in [0.5, 0.6) is 0 Å². The Balaban J connectivity index is 1.66. The van der Waals surface area contributed by atoms with Gasteiger partial charge in [-0.1, -0.05) is 6.08 Å². The molecule has 6 rings (SSSR count). The number of rotatable bonds is 8. The zero-order chi connectivity index (χ0) is 31.8. The molecule has 2 heteroatoms. The predicted molar refractivity (Wildman–Crippen MR) is 198 cm³/mol. The van der Waals surface area contributed by atoms with Gasteiger partial charge in [-0.25, -0.2) is 0 Å². The molecular formula is C44H39OsP+. The van der Waals surface area contributed by atoms with Crippen LogP contribution in [-0.4, -0.2) is 0 Å². The summed E-state index contributed by atoms with van der Waals surface area (Å²) < 4.78 is 3.89. The van der Waals surface area contributed by atoms with Gasteiger partial charge < -0.3 is 0 Å². The molecule has 0 radical (unpaired) electrons. The van der Waals surface area contributed by atoms with Gasteiger partial charge in [0.2, 0.25) is 0 Å². The Morgan fingerprint density at radius 1 is 0.609 bits per heavy atom. The Labute approximate surface area is 285 Å². The molecule has 0 nitrogen and oxygen atoms in total. The van der Waals surface area contributed by atoms with E-state index in [4.69, 9.17) is 0 Å². The topological polar surface area (TPSA) is 0 Å². The van der Waals surface area contributed by atoms with Gasteiger partial charge in [-0.15, -0.1) is 0 Å². The van der Waals surface area contributed by atoms with Gasteiger partial charge >= 0.3 is 274 Å². The molecule has 0 heterocycles. The third-order valence-electron chi connectivity index (χ3n) is 8.88. The second kappa shape index (κ2) is 15.0. The van der Waals surface area contributed by atoms with Gasteiger partial charge in [0.05, 0.1) is 0 Å². The van der Waals surface area contributed by atoms with Crippen molar-refractivity contribution in [3.63, 3.8) is 0 Å². The van der Waals surface area contributed by atoms with Crippen LogP contribution in [0.15, 0.2) is 174 Å². The van der Waals surface area contributed by atoms with Crippen LogP contribution in [0.3, 0.4) is 0 Å². The van der Waals surface area contributed by atoms with E-state index in [2.05, 4.69) is 182 Å². The van der Waals surface area contributed by atoms with Crippen LogP contribution in [0.25, 0.3) is 22.8 Å². The standard InChI is InChI=1S/C44H39P.Os/c1-4-16-35-25-27-37(28-26-35)38-29-31-39(32-30-38)44(33-40-18-15-17-36(40)5-2)34(3)45(41-19-9-6-10-20-41,42-21-11-7-12-22-42)43-23-13-8-14-24-43;/h4-14,16,19-33H,15,17-18H2,1-2H3;/q+1;/b16-4+,36-5?,40-33?,44-34?;. The summed E-state index contributed by atoms with van der Waals surface area (Å²) in [6, 6.07) is 51.5. The molecule has 227 valence electrons. The van der Waals surface area contributed by atoms with Gasteiger partial charge in [0.15, 0.2) is 0 Å². The summed E-state index contributed by atoms with van der Waals surface area (Å²) in [7, 11) is -2.35. The quantitative estimate of drug-likeness (QED) is 0.137. The first kappa shape index (κ1) is 31.9. The Morgan fingerprint density at radius 2 is 1.09 bits per heavy atom. The van der Waals surface area contributed by atoms with E-state index in [0.29, 0.717) is 0 Å². The summed E-state index contributed by atoms with van der Waals surface area (Å²) in [6.07, 6.45) is 12.5. The zero-order valence-corrected chi connectivity index (χ0v) is 29.9. The summed E-state index contributed by atoms with van der Waals surface area (Å²) >= 11 is 1.86. The number of allylic oxidation sites excluding steroid dienone is 7. The van der Waals surface area contributed by atoms with Crippen molar-refractivity contribution in [1.82, 2.24) is 0 Å². The van der Waals surface area contributed by atoms with Gasteiger partial charge in [0.1, 0.15) is 0 Å². The van der Waals surface area contributed by atoms with Crippen LogP contribution in [0.2, 0.25) is 0 Å². The molecule has 0 bridgehead atoms. The average molecular weight is 789 g/mol. The Bertz CT molecular complexity index is 1840. The van der Waals surface area contributed by atoms with E-state index < -0.39 is 7.26 Å². The molecule has 46 heavy (non-hydrogen) atoms. The zero-order valence-electron chi connectivity index (χ0n) is 26.5. The molecule has 0 saturated heterocycles. The molecule has 0 amide bonds. The summed E-state index contributed by atoms with van der Waals surface area (Å²) in [6.45, 7) is 4.24. The summed E-state index contributed by atoms with van der Waals surface area (Å²) in [5, 5.41) is 5.31. The van der Waals surface area contributed by atoms with E-state index in [1.165, 1.54) is 66.6 Å². The first-order valence-electron chi connectivity index (χ1n) is 16.0. The second-order valence-corrected chi connectivity index (χ2v) is 15.5. The van der Waals surface area contributed by atoms with Crippen LogP contribution < -0.4 is 15.9 Å². The third kappa shape index (κ3) is 6.43. The molecule has 5 aromatic rings. The molecule has 0 unspecified atom stereocenters. The molecule has 1 fully saturated rings. The van der Waals surface area contributed by atoms with E-state index in [0.717, 1.165) is 12.8 Å². The summed E-state index contributed by atoms with van der Waals surface area (Å²) in [4.78, 5) is 0. The minimum atomic E-state index is -2.35. The molecule has 0 aromatic heterocycles. The summed E-state index contributed by atoms with van der Waals surface area (Å²) in [5.41, 5.74) is 9.09. The first-order chi connectivity index (χ1) is 22.7. The van der Waals surface area contributed by atoms with Crippen molar-refractivity contribution in [2.75, 3.05) is 0 Å². The van der Waals surface area contributed by atoms with E-state index >= 15 is 0 Å². The van der Waals surface area contributed by atoms with E-state index in [1.807, 2.05) is 17.9 Å². The van der Waals surface area contributed by atoms with Gasteiger partial charge in [-0.05, 0) is 6.92 Å². The Kier molecular flexibility index (Phi) is 10.4. The van der Waals surface area contributed by atoms with E-state index in [-0.39, 0.29) is 0 Å². The van der Waals surface area contributed by atoms with Crippen LogP contribution >= 0.6 is 7.26 Å². The van der Waals surface area contributed by atoms with Crippen molar-refractivity contribution in [2.45, 2.75) is 33.1 Å². The van der Waals surface area contributed by atoms with Crippen molar-refractivity contribution < 1.29 is 17.9 Å². The van der Waals surface area contributed by atoms with Gasteiger partial charge in [-0.2, -0.15) is 0 Å². The molecule has 0 atom stereocenters. The van der Waals surface area contributed by atoms with E-state index in [1.54, 1.807) is 0 Å². The predicted octanol–water partition coefficient (Wildman–Crippen LogP) is 10.7. The van der Waals surface area contributed by atoms with Gasteiger partial charge in [-0.3, -0.25) is 0 Å². The van der Waals surface area contributed by atoms with Gasteiger partial charge in [0, 0.05) is 0 Å². The number of benzene rings is 5. The minimum absolute atomic E-state index is 1.10. The molecule has 5 aromatic carbocycles. The Morgan fingerprint density at radius 3 is 1.54 bits per heavy atom. The van der Waals surface area contributed by atoms with Crippen LogP contribution in [0, 0.1) is 4.37 Å². The molecule has 1 aliphatic carbocycles. The van der Waals surface area contributed by atoms with Crippen molar-refractivity contribution in [3.8, 4) is 15.5 Å². The molecule has 1 aliphatic rings.